The summed E-state index contributed by atoms with van der Waals surface area (Å²) < 4.78 is 5.45. The number of aromatic nitrogens is 1. The van der Waals surface area contributed by atoms with E-state index in [0.717, 1.165) is 25.2 Å². The molecule has 0 saturated carbocycles. The van der Waals surface area contributed by atoms with Crippen molar-refractivity contribution in [3.8, 4) is 0 Å². The molecule has 4 heteroatoms. The lowest BCUT2D eigenvalue weighted by Gasteiger charge is -2.14. The van der Waals surface area contributed by atoms with Crippen LogP contribution in [0.5, 0.6) is 0 Å². The van der Waals surface area contributed by atoms with Crippen molar-refractivity contribution in [1.82, 2.24) is 4.98 Å². The third kappa shape index (κ3) is 3.96. The van der Waals surface area contributed by atoms with Gasteiger partial charge < -0.3 is 9.84 Å². The Labute approximate surface area is 107 Å². The van der Waals surface area contributed by atoms with Crippen molar-refractivity contribution in [3.63, 3.8) is 0 Å². The summed E-state index contributed by atoms with van der Waals surface area (Å²) in [5, 5.41) is 8.66. The summed E-state index contributed by atoms with van der Waals surface area (Å²) in [6.45, 7) is 0.705. The smallest absolute Gasteiger partial charge is 0.188 e. The molecule has 0 unspecified atom stereocenters. The van der Waals surface area contributed by atoms with E-state index >= 15 is 0 Å². The molecule has 0 radical (unpaired) electrons. The van der Waals surface area contributed by atoms with Crippen molar-refractivity contribution in [1.29, 1.82) is 0 Å². The fourth-order valence-electron chi connectivity index (χ4n) is 1.82. The van der Waals surface area contributed by atoms with Crippen molar-refractivity contribution in [2.75, 3.05) is 13.2 Å². The van der Waals surface area contributed by atoms with Gasteiger partial charge in [0.05, 0.1) is 6.61 Å². The van der Waals surface area contributed by atoms with Crippen molar-refractivity contribution >= 4 is 5.90 Å². The summed E-state index contributed by atoms with van der Waals surface area (Å²) in [6.07, 6.45) is 8.95. The number of nitrogens with zero attached hydrogens (tertiary/aromatic N) is 2. The molecule has 1 aromatic rings. The van der Waals surface area contributed by atoms with Crippen molar-refractivity contribution in [3.05, 3.63) is 41.9 Å². The second-order valence-electron chi connectivity index (χ2n) is 4.27. The number of rotatable bonds is 5. The van der Waals surface area contributed by atoms with Crippen LogP contribution in [-0.2, 0) is 11.2 Å². The van der Waals surface area contributed by atoms with Crippen LogP contribution in [0.2, 0.25) is 0 Å². The quantitative estimate of drug-likeness (QED) is 0.809. The van der Waals surface area contributed by atoms with E-state index in [2.05, 4.69) is 16.0 Å². The Balaban J connectivity index is 1.85. The number of aliphatic hydroxyl groups excluding tert-OH is 1. The molecule has 0 bridgehead atoms. The van der Waals surface area contributed by atoms with Gasteiger partial charge in [0, 0.05) is 38.0 Å². The Morgan fingerprint density at radius 2 is 2.28 bits per heavy atom. The van der Waals surface area contributed by atoms with E-state index < -0.39 is 0 Å². The minimum Gasteiger partial charge on any atom is -0.481 e. The first-order valence-corrected chi connectivity index (χ1v) is 6.25. The second-order valence-corrected chi connectivity index (χ2v) is 4.27. The maximum Gasteiger partial charge on any atom is 0.188 e. The average Bonchev–Trinajstić information content (AvgIpc) is 2.42. The predicted octanol–water partition coefficient (Wildman–Crippen LogP) is 2.10. The van der Waals surface area contributed by atoms with Crippen LogP contribution in [0, 0.1) is 0 Å². The van der Waals surface area contributed by atoms with Gasteiger partial charge in [-0.25, -0.2) is 4.99 Å². The second kappa shape index (κ2) is 6.91. The number of hydrogen-bond donors (Lipinski definition) is 1. The molecule has 2 heterocycles. The summed E-state index contributed by atoms with van der Waals surface area (Å²) in [5.74, 6) is 0.776. The highest BCUT2D eigenvalue weighted by Gasteiger charge is 2.09. The van der Waals surface area contributed by atoms with Crippen LogP contribution in [0.25, 0.3) is 0 Å². The van der Waals surface area contributed by atoms with Crippen LogP contribution < -0.4 is 0 Å². The standard InChI is InChI=1S/C14H18N2O2/c17-7-2-8-18-14-5-4-13(11-16-14)9-12-3-1-6-15-10-12/h1,3,6,10-11,17H,2,4-5,7-9H2. The number of allylic oxidation sites excluding steroid dienone is 1. The number of ether oxygens (including phenoxy) is 1. The molecular weight excluding hydrogens is 228 g/mol. The van der Waals surface area contributed by atoms with Crippen LogP contribution in [0.15, 0.2) is 41.3 Å². The Hall–Kier alpha value is -1.68. The predicted molar refractivity (Wildman–Crippen MR) is 70.3 cm³/mol. The van der Waals surface area contributed by atoms with Crippen LogP contribution in [0.1, 0.15) is 24.8 Å². The largest absolute Gasteiger partial charge is 0.481 e. The lowest BCUT2D eigenvalue weighted by Crippen LogP contribution is -2.10. The normalized spacial score (nSPS) is 14.9. The van der Waals surface area contributed by atoms with Gasteiger partial charge in [0.15, 0.2) is 5.90 Å². The zero-order valence-electron chi connectivity index (χ0n) is 10.4. The fraction of sp³-hybridized carbons (Fsp3) is 0.429. The molecule has 0 fully saturated rings. The van der Waals surface area contributed by atoms with E-state index in [1.807, 2.05) is 18.5 Å². The molecule has 0 aromatic carbocycles. The van der Waals surface area contributed by atoms with Gasteiger partial charge in [0.25, 0.3) is 0 Å². The zero-order chi connectivity index (χ0) is 12.6. The minimum atomic E-state index is 0.162. The van der Waals surface area contributed by atoms with Gasteiger partial charge in [0.2, 0.25) is 0 Å². The third-order valence-electron chi connectivity index (χ3n) is 2.78. The number of aliphatic hydroxyl groups is 1. The van der Waals surface area contributed by atoms with E-state index in [9.17, 15) is 0 Å². The minimum absolute atomic E-state index is 0.162. The van der Waals surface area contributed by atoms with Crippen molar-refractivity contribution in [2.24, 2.45) is 4.99 Å². The molecular formula is C14H18N2O2. The van der Waals surface area contributed by atoms with Crippen molar-refractivity contribution < 1.29 is 9.84 Å². The van der Waals surface area contributed by atoms with Crippen LogP contribution in [0.3, 0.4) is 0 Å². The van der Waals surface area contributed by atoms with E-state index in [4.69, 9.17) is 9.84 Å². The third-order valence-corrected chi connectivity index (χ3v) is 2.78. The molecule has 0 spiro atoms. The van der Waals surface area contributed by atoms with Crippen LogP contribution in [0.4, 0.5) is 0 Å². The fourth-order valence-corrected chi connectivity index (χ4v) is 1.82. The number of hydrogen-bond acceptors (Lipinski definition) is 4. The zero-order valence-corrected chi connectivity index (χ0v) is 10.4. The van der Waals surface area contributed by atoms with E-state index in [0.29, 0.717) is 13.0 Å². The monoisotopic (exact) mass is 246 g/mol. The van der Waals surface area contributed by atoms with Crippen LogP contribution >= 0.6 is 0 Å². The molecule has 0 saturated heterocycles. The maximum absolute atomic E-state index is 8.66. The molecule has 1 aliphatic heterocycles. The molecule has 2 rings (SSSR count). The van der Waals surface area contributed by atoms with Crippen molar-refractivity contribution in [2.45, 2.75) is 25.7 Å². The van der Waals surface area contributed by atoms with Gasteiger partial charge in [-0.1, -0.05) is 6.07 Å². The average molecular weight is 246 g/mol. The highest BCUT2D eigenvalue weighted by Crippen LogP contribution is 2.17. The Morgan fingerprint density at radius 3 is 2.94 bits per heavy atom. The Bertz CT molecular complexity index is 427. The first-order valence-electron chi connectivity index (χ1n) is 6.25. The van der Waals surface area contributed by atoms with Gasteiger partial charge in [0.1, 0.15) is 0 Å². The first kappa shape index (κ1) is 12.8. The summed E-state index contributed by atoms with van der Waals surface area (Å²) in [6, 6.07) is 4.02. The topological polar surface area (TPSA) is 54.7 Å². The van der Waals surface area contributed by atoms with Gasteiger partial charge in [-0.3, -0.25) is 4.98 Å². The highest BCUT2D eigenvalue weighted by atomic mass is 16.5. The maximum atomic E-state index is 8.66. The number of pyridine rings is 1. The SMILES string of the molecule is OCCCOC1=NC=C(Cc2cccnc2)CC1. The number of aliphatic imine (C=N–C) groups is 1. The molecule has 4 nitrogen and oxygen atoms in total. The highest BCUT2D eigenvalue weighted by molar-refractivity contribution is 5.78. The molecule has 0 aliphatic carbocycles. The van der Waals surface area contributed by atoms with Gasteiger partial charge in [-0.15, -0.1) is 0 Å². The Kier molecular flexibility index (Phi) is 4.90. The molecule has 18 heavy (non-hydrogen) atoms. The summed E-state index contributed by atoms with van der Waals surface area (Å²) in [5.41, 5.74) is 2.51. The molecule has 1 N–H and O–H groups in total. The molecule has 1 aliphatic rings. The Morgan fingerprint density at radius 1 is 1.33 bits per heavy atom. The lowest BCUT2D eigenvalue weighted by atomic mass is 10.0. The van der Waals surface area contributed by atoms with Gasteiger partial charge >= 0.3 is 0 Å². The summed E-state index contributed by atoms with van der Waals surface area (Å²) in [4.78, 5) is 8.41. The van der Waals surface area contributed by atoms with Gasteiger partial charge in [-0.05, 0) is 30.0 Å². The molecule has 1 aromatic heterocycles. The van der Waals surface area contributed by atoms with E-state index in [1.165, 1.54) is 11.1 Å². The molecule has 0 atom stereocenters. The van der Waals surface area contributed by atoms with Crippen LogP contribution in [-0.4, -0.2) is 29.2 Å². The summed E-state index contributed by atoms with van der Waals surface area (Å²) >= 11 is 0. The van der Waals surface area contributed by atoms with E-state index in [1.54, 1.807) is 6.20 Å². The summed E-state index contributed by atoms with van der Waals surface area (Å²) in [7, 11) is 0. The van der Waals surface area contributed by atoms with Gasteiger partial charge in [-0.2, -0.15) is 0 Å². The molecule has 96 valence electrons. The lowest BCUT2D eigenvalue weighted by molar-refractivity contribution is 0.223. The first-order chi connectivity index (χ1) is 8.88. The molecule has 0 amide bonds. The van der Waals surface area contributed by atoms with E-state index in [-0.39, 0.29) is 6.61 Å².